The summed E-state index contributed by atoms with van der Waals surface area (Å²) < 4.78 is 5.25. The van der Waals surface area contributed by atoms with E-state index in [0.29, 0.717) is 18.7 Å². The van der Waals surface area contributed by atoms with Crippen LogP contribution >= 0.6 is 0 Å². The Hall–Kier alpha value is -2.07. The average molecular weight is 272 g/mol. The van der Waals surface area contributed by atoms with Crippen LogP contribution in [0.1, 0.15) is 27.2 Å². The van der Waals surface area contributed by atoms with Gasteiger partial charge in [-0.2, -0.15) is 0 Å². The molecule has 0 aliphatic carbocycles. The zero-order valence-corrected chi connectivity index (χ0v) is 11.9. The summed E-state index contributed by atoms with van der Waals surface area (Å²) in [5, 5.41) is 0. The van der Waals surface area contributed by atoms with E-state index in [1.54, 1.807) is 18.2 Å². The Morgan fingerprint density at radius 3 is 2.80 bits per heavy atom. The quantitative estimate of drug-likeness (QED) is 0.909. The van der Waals surface area contributed by atoms with Crippen LogP contribution < -0.4 is 5.73 Å². The van der Waals surface area contributed by atoms with E-state index in [2.05, 4.69) is 0 Å². The number of furan rings is 1. The first kappa shape index (κ1) is 14.3. The van der Waals surface area contributed by atoms with Crippen molar-refractivity contribution in [2.24, 2.45) is 5.73 Å². The number of aryl methyl sites for hydroxylation is 1. The lowest BCUT2D eigenvalue weighted by Crippen LogP contribution is -2.26. The maximum atomic E-state index is 12.4. The third-order valence-electron chi connectivity index (χ3n) is 3.33. The topological polar surface area (TPSA) is 59.5 Å². The number of carbonyl (C=O) groups is 1. The Morgan fingerprint density at radius 2 is 2.15 bits per heavy atom. The normalized spacial score (nSPS) is 10.6. The summed E-state index contributed by atoms with van der Waals surface area (Å²) >= 11 is 0. The number of carbonyl (C=O) groups excluding carboxylic acids is 1. The van der Waals surface area contributed by atoms with Crippen molar-refractivity contribution in [1.29, 1.82) is 0 Å². The van der Waals surface area contributed by atoms with Crippen LogP contribution in [-0.4, -0.2) is 24.4 Å². The first-order chi connectivity index (χ1) is 9.61. The van der Waals surface area contributed by atoms with Gasteiger partial charge in [-0.15, -0.1) is 0 Å². The second-order valence-electron chi connectivity index (χ2n) is 4.90. The summed E-state index contributed by atoms with van der Waals surface area (Å²) in [4.78, 5) is 14.1. The molecule has 1 amide bonds. The molecule has 0 radical (unpaired) electrons. The maximum Gasteiger partial charge on any atom is 0.253 e. The van der Waals surface area contributed by atoms with Gasteiger partial charge in [-0.3, -0.25) is 4.79 Å². The molecule has 0 aliphatic heterocycles. The van der Waals surface area contributed by atoms with Crippen molar-refractivity contribution in [3.63, 3.8) is 0 Å². The number of hydrogen-bond acceptors (Lipinski definition) is 3. The molecule has 1 aromatic carbocycles. The number of nitrogens with two attached hydrogens (primary N) is 1. The van der Waals surface area contributed by atoms with Gasteiger partial charge >= 0.3 is 0 Å². The molecule has 0 bridgehead atoms. The van der Waals surface area contributed by atoms with Gasteiger partial charge in [-0.05, 0) is 43.7 Å². The van der Waals surface area contributed by atoms with Crippen LogP contribution in [0.5, 0.6) is 0 Å². The zero-order valence-electron chi connectivity index (χ0n) is 11.9. The molecule has 2 N–H and O–H groups in total. The van der Waals surface area contributed by atoms with Crippen molar-refractivity contribution in [1.82, 2.24) is 4.90 Å². The predicted octanol–water partition coefficient (Wildman–Crippen LogP) is 2.36. The molecular weight excluding hydrogens is 252 g/mol. The molecule has 0 spiro atoms. The third kappa shape index (κ3) is 3.27. The molecule has 0 unspecified atom stereocenters. The Kier molecular flexibility index (Phi) is 4.58. The molecule has 4 nitrogen and oxygen atoms in total. The number of hydrogen-bond donors (Lipinski definition) is 1. The van der Waals surface area contributed by atoms with Crippen LogP contribution in [0.25, 0.3) is 0 Å². The predicted molar refractivity (Wildman–Crippen MR) is 78.4 cm³/mol. The first-order valence-electron chi connectivity index (χ1n) is 6.69. The van der Waals surface area contributed by atoms with Gasteiger partial charge in [-0.25, -0.2) is 0 Å². The van der Waals surface area contributed by atoms with E-state index >= 15 is 0 Å². The van der Waals surface area contributed by atoms with Crippen molar-refractivity contribution < 1.29 is 9.21 Å². The van der Waals surface area contributed by atoms with Gasteiger partial charge in [0.15, 0.2) is 0 Å². The molecule has 4 heteroatoms. The Bertz CT molecular complexity index is 590. The largest absolute Gasteiger partial charge is 0.469 e. The lowest BCUT2D eigenvalue weighted by atomic mass is 10.1. The number of amides is 1. The van der Waals surface area contributed by atoms with E-state index in [4.69, 9.17) is 10.2 Å². The fraction of sp³-hybridized carbons (Fsp3) is 0.312. The van der Waals surface area contributed by atoms with Crippen LogP contribution in [-0.2, 0) is 13.0 Å². The van der Waals surface area contributed by atoms with Crippen LogP contribution in [0.3, 0.4) is 0 Å². The number of rotatable bonds is 5. The molecule has 0 aliphatic rings. The van der Waals surface area contributed by atoms with Crippen molar-refractivity contribution in [3.05, 3.63) is 59.0 Å². The van der Waals surface area contributed by atoms with E-state index in [0.717, 1.165) is 23.3 Å². The summed E-state index contributed by atoms with van der Waals surface area (Å²) in [7, 11) is 1.80. The van der Waals surface area contributed by atoms with Crippen molar-refractivity contribution in [2.75, 3.05) is 13.6 Å². The second-order valence-corrected chi connectivity index (χ2v) is 4.90. The standard InChI is InChI=1S/C16H20N2O2/c1-12-15(7-9-20-12)11-18(2)16(19)14-5-3-4-13(10-14)6-8-17/h3-5,7,9-10H,6,8,11,17H2,1-2H3. The highest BCUT2D eigenvalue weighted by atomic mass is 16.3. The molecule has 20 heavy (non-hydrogen) atoms. The minimum atomic E-state index is 0.00414. The molecule has 0 fully saturated rings. The van der Waals surface area contributed by atoms with Crippen LogP contribution in [0.2, 0.25) is 0 Å². The summed E-state index contributed by atoms with van der Waals surface area (Å²) in [5.41, 5.74) is 8.36. The van der Waals surface area contributed by atoms with Gasteiger partial charge in [0.2, 0.25) is 0 Å². The molecule has 106 valence electrons. The van der Waals surface area contributed by atoms with Gasteiger partial charge in [0.05, 0.1) is 6.26 Å². The minimum Gasteiger partial charge on any atom is -0.469 e. The minimum absolute atomic E-state index is 0.00414. The van der Waals surface area contributed by atoms with Gasteiger partial charge < -0.3 is 15.1 Å². The number of nitrogens with zero attached hydrogens (tertiary/aromatic N) is 1. The van der Waals surface area contributed by atoms with Crippen molar-refractivity contribution >= 4 is 5.91 Å². The van der Waals surface area contributed by atoms with E-state index in [1.807, 2.05) is 37.3 Å². The number of benzene rings is 1. The fourth-order valence-electron chi connectivity index (χ4n) is 2.15. The van der Waals surface area contributed by atoms with Crippen molar-refractivity contribution in [2.45, 2.75) is 19.9 Å². The lowest BCUT2D eigenvalue weighted by Gasteiger charge is -2.17. The molecule has 0 atom stereocenters. The average Bonchev–Trinajstić information content (AvgIpc) is 2.84. The highest BCUT2D eigenvalue weighted by Gasteiger charge is 2.14. The van der Waals surface area contributed by atoms with Crippen LogP contribution in [0.15, 0.2) is 41.0 Å². The second kappa shape index (κ2) is 6.39. The summed E-state index contributed by atoms with van der Waals surface area (Å²) in [6.45, 7) is 3.03. The first-order valence-corrected chi connectivity index (χ1v) is 6.69. The van der Waals surface area contributed by atoms with Gasteiger partial charge in [0.1, 0.15) is 5.76 Å². The van der Waals surface area contributed by atoms with Crippen molar-refractivity contribution in [3.8, 4) is 0 Å². The molecular formula is C16H20N2O2. The summed E-state index contributed by atoms with van der Waals surface area (Å²) in [5.74, 6) is 0.853. The molecule has 2 rings (SSSR count). The van der Waals surface area contributed by atoms with E-state index in [1.165, 1.54) is 0 Å². The van der Waals surface area contributed by atoms with Crippen LogP contribution in [0.4, 0.5) is 0 Å². The SMILES string of the molecule is Cc1occc1CN(C)C(=O)c1cccc(CCN)c1. The maximum absolute atomic E-state index is 12.4. The zero-order chi connectivity index (χ0) is 14.5. The highest BCUT2D eigenvalue weighted by Crippen LogP contribution is 2.14. The van der Waals surface area contributed by atoms with E-state index in [9.17, 15) is 4.79 Å². The Morgan fingerprint density at radius 1 is 1.35 bits per heavy atom. The smallest absolute Gasteiger partial charge is 0.253 e. The summed E-state index contributed by atoms with van der Waals surface area (Å²) in [6, 6.07) is 9.53. The summed E-state index contributed by atoms with van der Waals surface area (Å²) in [6.07, 6.45) is 2.43. The monoisotopic (exact) mass is 272 g/mol. The van der Waals surface area contributed by atoms with Gasteiger partial charge in [-0.1, -0.05) is 12.1 Å². The highest BCUT2D eigenvalue weighted by molar-refractivity contribution is 5.94. The molecule has 0 saturated heterocycles. The Balaban J connectivity index is 2.10. The van der Waals surface area contributed by atoms with Crippen LogP contribution in [0, 0.1) is 6.92 Å². The molecule has 1 aromatic heterocycles. The lowest BCUT2D eigenvalue weighted by molar-refractivity contribution is 0.0784. The fourth-order valence-corrected chi connectivity index (χ4v) is 2.15. The van der Waals surface area contributed by atoms with E-state index < -0.39 is 0 Å². The Labute approximate surface area is 119 Å². The van der Waals surface area contributed by atoms with Gasteiger partial charge in [0, 0.05) is 24.7 Å². The molecule has 2 aromatic rings. The van der Waals surface area contributed by atoms with E-state index in [-0.39, 0.29) is 5.91 Å². The third-order valence-corrected chi connectivity index (χ3v) is 3.33. The van der Waals surface area contributed by atoms with Gasteiger partial charge in [0.25, 0.3) is 5.91 Å². The molecule has 0 saturated carbocycles. The molecule has 1 heterocycles.